The zero-order valence-electron chi connectivity index (χ0n) is 21.5. The largest absolute Gasteiger partial charge is 0.466 e. The Morgan fingerprint density at radius 2 is 1.61 bits per heavy atom. The molecule has 0 aliphatic heterocycles. The lowest BCUT2D eigenvalue weighted by atomic mass is 9.95. The number of carbonyl (C=O) groups excluding carboxylic acids is 2. The van der Waals surface area contributed by atoms with Gasteiger partial charge in [0.15, 0.2) is 0 Å². The fourth-order valence-electron chi connectivity index (χ4n) is 3.83. The van der Waals surface area contributed by atoms with Gasteiger partial charge in [-0.15, -0.1) is 0 Å². The first kappa shape index (κ1) is 28.6. The van der Waals surface area contributed by atoms with E-state index in [0.717, 1.165) is 29.7 Å². The first-order valence-corrected chi connectivity index (χ1v) is 12.4. The topological polar surface area (TPSA) is 93.2 Å². The maximum atomic E-state index is 12.9. The number of nitrogens with zero attached hydrogens (tertiary/aromatic N) is 2. The minimum atomic E-state index is -4.37. The number of hydrogen-bond donors (Lipinski definition) is 2. The van der Waals surface area contributed by atoms with Crippen LogP contribution < -0.4 is 10.6 Å². The highest BCUT2D eigenvalue weighted by molar-refractivity contribution is 5.90. The van der Waals surface area contributed by atoms with Gasteiger partial charge in [-0.2, -0.15) is 13.2 Å². The molecule has 7 nitrogen and oxygen atoms in total. The highest BCUT2D eigenvalue weighted by Crippen LogP contribution is 2.32. The van der Waals surface area contributed by atoms with Crippen LogP contribution in [0.15, 0.2) is 60.8 Å². The van der Waals surface area contributed by atoms with Gasteiger partial charge in [-0.05, 0) is 54.2 Å². The monoisotopic (exact) mass is 528 g/mol. The summed E-state index contributed by atoms with van der Waals surface area (Å²) in [5.41, 5.74) is 1.77. The van der Waals surface area contributed by atoms with Crippen molar-refractivity contribution in [1.82, 2.24) is 15.3 Å². The summed E-state index contributed by atoms with van der Waals surface area (Å²) in [6, 6.07) is 14.2. The molecule has 1 amide bonds. The number of amides is 1. The number of rotatable bonds is 11. The molecule has 0 saturated carbocycles. The van der Waals surface area contributed by atoms with Crippen molar-refractivity contribution in [2.45, 2.75) is 45.8 Å². The van der Waals surface area contributed by atoms with Crippen LogP contribution in [0.2, 0.25) is 0 Å². The third-order valence-corrected chi connectivity index (χ3v) is 5.67. The van der Waals surface area contributed by atoms with Crippen LogP contribution >= 0.6 is 0 Å². The van der Waals surface area contributed by atoms with Crippen LogP contribution in [-0.2, 0) is 15.7 Å². The number of aromatic nitrogens is 2. The second-order valence-electron chi connectivity index (χ2n) is 9.10. The van der Waals surface area contributed by atoms with Crippen LogP contribution in [0, 0.1) is 5.92 Å². The molecule has 0 unspecified atom stereocenters. The van der Waals surface area contributed by atoms with Crippen molar-refractivity contribution >= 4 is 17.7 Å². The predicted octanol–water partition coefficient (Wildman–Crippen LogP) is 6.04. The van der Waals surface area contributed by atoms with E-state index in [0.29, 0.717) is 17.3 Å². The number of anilines is 1. The Balaban J connectivity index is 1.71. The molecule has 38 heavy (non-hydrogen) atoms. The molecule has 0 fully saturated rings. The van der Waals surface area contributed by atoms with Crippen molar-refractivity contribution < 1.29 is 27.5 Å². The average Bonchev–Trinajstić information content (AvgIpc) is 2.88. The van der Waals surface area contributed by atoms with E-state index in [-0.39, 0.29) is 31.4 Å². The number of benzene rings is 2. The summed E-state index contributed by atoms with van der Waals surface area (Å²) in [6.45, 7) is 6.28. The minimum absolute atomic E-state index is 0.0280. The van der Waals surface area contributed by atoms with Crippen molar-refractivity contribution in [2.75, 3.05) is 18.5 Å². The maximum absolute atomic E-state index is 12.9. The molecule has 0 bridgehead atoms. The van der Waals surface area contributed by atoms with Gasteiger partial charge in [0.1, 0.15) is 5.82 Å². The van der Waals surface area contributed by atoms with E-state index >= 15 is 0 Å². The average molecular weight is 529 g/mol. The lowest BCUT2D eigenvalue weighted by molar-refractivity contribution is -0.143. The predicted molar refractivity (Wildman–Crippen MR) is 138 cm³/mol. The Bertz CT molecular complexity index is 1210. The van der Waals surface area contributed by atoms with Crippen molar-refractivity contribution in [1.29, 1.82) is 0 Å². The standard InChI is InChI=1S/C28H31F3N4O3/c1-4-38-25(36)14-16-33-27(37)26-32-15-13-24(35-26)34-23(17-18(2)3)21-7-5-19(6-8-21)20-9-11-22(12-10-20)28(29,30)31/h5-13,15,18,23H,4,14,16-17H2,1-3H3,(H,33,37)(H,32,34,35)/t23-/m0/s1. The van der Waals surface area contributed by atoms with Gasteiger partial charge in [0.05, 0.1) is 24.6 Å². The number of carbonyl (C=O) groups is 2. The number of ether oxygens (including phenoxy) is 1. The molecule has 1 aromatic heterocycles. The summed E-state index contributed by atoms with van der Waals surface area (Å²) in [6.07, 6.45) is -2.07. The Morgan fingerprint density at radius 1 is 0.974 bits per heavy atom. The fraction of sp³-hybridized carbons (Fsp3) is 0.357. The Hall–Kier alpha value is -3.95. The minimum Gasteiger partial charge on any atom is -0.466 e. The second-order valence-corrected chi connectivity index (χ2v) is 9.10. The number of esters is 1. The number of halogens is 3. The molecule has 1 heterocycles. The third-order valence-electron chi connectivity index (χ3n) is 5.67. The van der Waals surface area contributed by atoms with E-state index in [4.69, 9.17) is 4.74 Å². The zero-order chi connectivity index (χ0) is 27.7. The molecule has 0 aliphatic rings. The smallest absolute Gasteiger partial charge is 0.416 e. The van der Waals surface area contributed by atoms with E-state index in [1.807, 2.05) is 24.3 Å². The lowest BCUT2D eigenvalue weighted by Gasteiger charge is -2.22. The summed E-state index contributed by atoms with van der Waals surface area (Å²) in [7, 11) is 0. The summed E-state index contributed by atoms with van der Waals surface area (Å²) in [4.78, 5) is 32.3. The van der Waals surface area contributed by atoms with Gasteiger partial charge in [-0.1, -0.05) is 50.2 Å². The highest BCUT2D eigenvalue weighted by atomic mass is 19.4. The van der Waals surface area contributed by atoms with Gasteiger partial charge >= 0.3 is 12.1 Å². The molecule has 2 aromatic carbocycles. The van der Waals surface area contributed by atoms with Gasteiger partial charge in [-0.3, -0.25) is 9.59 Å². The number of nitrogens with one attached hydrogen (secondary N) is 2. The van der Waals surface area contributed by atoms with Crippen molar-refractivity contribution in [3.8, 4) is 11.1 Å². The summed E-state index contributed by atoms with van der Waals surface area (Å²) >= 11 is 0. The van der Waals surface area contributed by atoms with E-state index in [1.54, 1.807) is 13.0 Å². The van der Waals surface area contributed by atoms with Crippen LogP contribution in [0.25, 0.3) is 11.1 Å². The van der Waals surface area contributed by atoms with Gasteiger partial charge < -0.3 is 15.4 Å². The first-order chi connectivity index (χ1) is 18.1. The molecule has 2 N–H and O–H groups in total. The maximum Gasteiger partial charge on any atom is 0.416 e. The number of hydrogen-bond acceptors (Lipinski definition) is 6. The van der Waals surface area contributed by atoms with Crippen molar-refractivity contribution in [3.05, 3.63) is 77.7 Å². The van der Waals surface area contributed by atoms with E-state index in [2.05, 4.69) is 34.4 Å². The lowest BCUT2D eigenvalue weighted by Crippen LogP contribution is -2.28. The van der Waals surface area contributed by atoms with Crippen molar-refractivity contribution in [3.63, 3.8) is 0 Å². The van der Waals surface area contributed by atoms with Crippen LogP contribution in [0.1, 0.15) is 61.4 Å². The van der Waals surface area contributed by atoms with Crippen LogP contribution in [0.5, 0.6) is 0 Å². The van der Waals surface area contributed by atoms with Crippen molar-refractivity contribution in [2.24, 2.45) is 5.92 Å². The molecule has 3 rings (SSSR count). The van der Waals surface area contributed by atoms with E-state index < -0.39 is 23.6 Å². The Morgan fingerprint density at radius 3 is 2.18 bits per heavy atom. The number of alkyl halides is 3. The molecule has 10 heteroatoms. The van der Waals surface area contributed by atoms with Gasteiger partial charge in [0.25, 0.3) is 5.91 Å². The third kappa shape index (κ3) is 8.29. The van der Waals surface area contributed by atoms with Gasteiger partial charge in [-0.25, -0.2) is 9.97 Å². The first-order valence-electron chi connectivity index (χ1n) is 12.4. The van der Waals surface area contributed by atoms with Crippen LogP contribution in [0.4, 0.5) is 19.0 Å². The fourth-order valence-corrected chi connectivity index (χ4v) is 3.83. The SMILES string of the molecule is CCOC(=O)CCNC(=O)c1nccc(N[C@@H](CC(C)C)c2ccc(-c3ccc(C(F)(F)F)cc3)cc2)n1. The van der Waals surface area contributed by atoms with Crippen LogP contribution in [-0.4, -0.2) is 35.0 Å². The molecule has 1 atom stereocenters. The quantitative estimate of drug-likeness (QED) is 0.295. The molecule has 0 saturated heterocycles. The molecule has 202 valence electrons. The molecule has 0 aliphatic carbocycles. The Kier molecular flexibility index (Phi) is 9.81. The normalized spacial score (nSPS) is 12.2. The van der Waals surface area contributed by atoms with Gasteiger partial charge in [0, 0.05) is 12.7 Å². The molecular weight excluding hydrogens is 497 g/mol. The Labute approximate surface area is 219 Å². The highest BCUT2D eigenvalue weighted by Gasteiger charge is 2.30. The summed E-state index contributed by atoms with van der Waals surface area (Å²) in [5, 5.41) is 5.98. The van der Waals surface area contributed by atoms with Crippen LogP contribution in [0.3, 0.4) is 0 Å². The summed E-state index contributed by atoms with van der Waals surface area (Å²) < 4.78 is 43.5. The zero-order valence-corrected chi connectivity index (χ0v) is 21.5. The molecule has 3 aromatic rings. The molecule has 0 radical (unpaired) electrons. The molecular formula is C28H31F3N4O3. The van der Waals surface area contributed by atoms with E-state index in [1.165, 1.54) is 18.3 Å². The van der Waals surface area contributed by atoms with E-state index in [9.17, 15) is 22.8 Å². The summed E-state index contributed by atoms with van der Waals surface area (Å²) in [5.74, 6) is -0.119. The second kappa shape index (κ2) is 13.0. The molecule has 0 spiro atoms. The van der Waals surface area contributed by atoms with Gasteiger partial charge in [0.2, 0.25) is 5.82 Å².